The maximum Gasteiger partial charge on any atom is 0.147 e. The third kappa shape index (κ3) is 2.62. The van der Waals surface area contributed by atoms with E-state index in [0.29, 0.717) is 11.4 Å². The van der Waals surface area contributed by atoms with Gasteiger partial charge < -0.3 is 10.4 Å². The molecular weight excluding hydrogens is 228 g/mol. The van der Waals surface area contributed by atoms with Gasteiger partial charge in [-0.25, -0.2) is 9.97 Å². The SMILES string of the molecule is N#Cc1cncnc1NC(CO)c1ccccc1. The van der Waals surface area contributed by atoms with Crippen LogP contribution in [-0.2, 0) is 0 Å². The lowest BCUT2D eigenvalue weighted by Crippen LogP contribution is -2.16. The van der Waals surface area contributed by atoms with Crippen LogP contribution in [0.2, 0.25) is 0 Å². The van der Waals surface area contributed by atoms with E-state index in [-0.39, 0.29) is 12.6 Å². The van der Waals surface area contributed by atoms with Gasteiger partial charge in [0.25, 0.3) is 0 Å². The molecule has 18 heavy (non-hydrogen) atoms. The first-order valence-corrected chi connectivity index (χ1v) is 5.47. The summed E-state index contributed by atoms with van der Waals surface area (Å²) >= 11 is 0. The standard InChI is InChI=1S/C13H12N4O/c14-6-11-7-15-9-16-13(11)17-12(8-18)10-4-2-1-3-5-10/h1-5,7,9,12,18H,8H2,(H,15,16,17). The molecule has 1 atom stereocenters. The van der Waals surface area contributed by atoms with E-state index in [1.807, 2.05) is 36.4 Å². The molecule has 90 valence electrons. The molecule has 1 unspecified atom stereocenters. The molecule has 0 bridgehead atoms. The van der Waals surface area contributed by atoms with Crippen LogP contribution in [0.5, 0.6) is 0 Å². The highest BCUT2D eigenvalue weighted by atomic mass is 16.3. The number of aliphatic hydroxyl groups is 1. The number of nitriles is 1. The molecule has 5 heteroatoms. The second-order valence-corrected chi connectivity index (χ2v) is 3.69. The number of anilines is 1. The Labute approximate surface area is 105 Å². The van der Waals surface area contributed by atoms with Crippen molar-refractivity contribution < 1.29 is 5.11 Å². The third-order valence-electron chi connectivity index (χ3n) is 2.53. The maximum absolute atomic E-state index is 9.42. The van der Waals surface area contributed by atoms with E-state index in [1.165, 1.54) is 12.5 Å². The number of aliphatic hydroxyl groups excluding tert-OH is 1. The van der Waals surface area contributed by atoms with E-state index in [4.69, 9.17) is 5.26 Å². The maximum atomic E-state index is 9.42. The molecule has 0 aliphatic heterocycles. The largest absolute Gasteiger partial charge is 0.394 e. The summed E-state index contributed by atoms with van der Waals surface area (Å²) in [7, 11) is 0. The number of nitrogens with zero attached hydrogens (tertiary/aromatic N) is 3. The average molecular weight is 240 g/mol. The smallest absolute Gasteiger partial charge is 0.147 e. The minimum Gasteiger partial charge on any atom is -0.394 e. The van der Waals surface area contributed by atoms with Crippen LogP contribution < -0.4 is 5.32 Å². The van der Waals surface area contributed by atoms with Crippen molar-refractivity contribution in [2.24, 2.45) is 0 Å². The van der Waals surface area contributed by atoms with E-state index >= 15 is 0 Å². The fourth-order valence-electron chi connectivity index (χ4n) is 1.61. The highest BCUT2D eigenvalue weighted by Gasteiger charge is 2.12. The number of rotatable bonds is 4. The minimum absolute atomic E-state index is 0.0844. The molecule has 2 aromatic rings. The van der Waals surface area contributed by atoms with Crippen molar-refractivity contribution in [1.82, 2.24) is 9.97 Å². The Morgan fingerprint density at radius 2 is 2.11 bits per heavy atom. The Morgan fingerprint density at radius 1 is 1.33 bits per heavy atom. The van der Waals surface area contributed by atoms with Gasteiger partial charge in [-0.2, -0.15) is 5.26 Å². The van der Waals surface area contributed by atoms with Crippen LogP contribution >= 0.6 is 0 Å². The first-order valence-electron chi connectivity index (χ1n) is 5.47. The molecule has 1 aromatic carbocycles. The molecule has 0 radical (unpaired) electrons. The fraction of sp³-hybridized carbons (Fsp3) is 0.154. The zero-order valence-corrected chi connectivity index (χ0v) is 9.61. The van der Waals surface area contributed by atoms with Gasteiger partial charge in [-0.1, -0.05) is 30.3 Å². The zero-order valence-electron chi connectivity index (χ0n) is 9.61. The molecule has 0 aliphatic carbocycles. The van der Waals surface area contributed by atoms with Crippen LogP contribution in [0.4, 0.5) is 5.82 Å². The molecule has 0 aliphatic rings. The van der Waals surface area contributed by atoms with Crippen molar-refractivity contribution in [2.75, 3.05) is 11.9 Å². The molecule has 2 N–H and O–H groups in total. The van der Waals surface area contributed by atoms with Gasteiger partial charge in [0, 0.05) is 0 Å². The molecule has 5 nitrogen and oxygen atoms in total. The topological polar surface area (TPSA) is 81.8 Å². The van der Waals surface area contributed by atoms with E-state index in [1.54, 1.807) is 0 Å². The summed E-state index contributed by atoms with van der Waals surface area (Å²) in [6.07, 6.45) is 2.80. The molecule has 0 fully saturated rings. The normalized spacial score (nSPS) is 11.6. The van der Waals surface area contributed by atoms with Crippen LogP contribution in [0, 0.1) is 11.3 Å². The van der Waals surface area contributed by atoms with Crippen molar-refractivity contribution in [1.29, 1.82) is 5.26 Å². The molecule has 1 heterocycles. The predicted molar refractivity (Wildman–Crippen MR) is 66.6 cm³/mol. The summed E-state index contributed by atoms with van der Waals surface area (Å²) < 4.78 is 0. The lowest BCUT2D eigenvalue weighted by Gasteiger charge is -2.17. The molecule has 1 aromatic heterocycles. The van der Waals surface area contributed by atoms with Crippen LogP contribution in [-0.4, -0.2) is 21.7 Å². The third-order valence-corrected chi connectivity index (χ3v) is 2.53. The van der Waals surface area contributed by atoms with E-state index in [2.05, 4.69) is 15.3 Å². The Balaban J connectivity index is 2.24. The molecule has 0 spiro atoms. The predicted octanol–water partition coefficient (Wildman–Crippen LogP) is 1.49. The summed E-state index contributed by atoms with van der Waals surface area (Å²) in [5.74, 6) is 0.426. The van der Waals surface area contributed by atoms with Crippen molar-refractivity contribution in [3.8, 4) is 6.07 Å². The first kappa shape index (κ1) is 12.0. The van der Waals surface area contributed by atoms with Gasteiger partial charge in [0.15, 0.2) is 0 Å². The van der Waals surface area contributed by atoms with E-state index < -0.39 is 0 Å². The lowest BCUT2D eigenvalue weighted by atomic mass is 10.1. The monoisotopic (exact) mass is 240 g/mol. The second kappa shape index (κ2) is 5.75. The fourth-order valence-corrected chi connectivity index (χ4v) is 1.61. The van der Waals surface area contributed by atoms with Gasteiger partial charge in [0.2, 0.25) is 0 Å². The Kier molecular flexibility index (Phi) is 3.84. The molecule has 0 saturated carbocycles. The first-order chi connectivity index (χ1) is 8.85. The van der Waals surface area contributed by atoms with Crippen LogP contribution in [0.3, 0.4) is 0 Å². The summed E-state index contributed by atoms with van der Waals surface area (Å²) in [4.78, 5) is 7.79. The molecular formula is C13H12N4O. The summed E-state index contributed by atoms with van der Waals surface area (Å²) in [6, 6.07) is 11.2. The number of nitrogens with one attached hydrogen (secondary N) is 1. The Morgan fingerprint density at radius 3 is 2.78 bits per heavy atom. The van der Waals surface area contributed by atoms with Crippen LogP contribution in [0.15, 0.2) is 42.9 Å². The van der Waals surface area contributed by atoms with E-state index in [9.17, 15) is 5.11 Å². The second-order valence-electron chi connectivity index (χ2n) is 3.69. The van der Waals surface area contributed by atoms with Crippen molar-refractivity contribution in [3.05, 3.63) is 54.0 Å². The summed E-state index contributed by atoms with van der Waals surface area (Å²) in [5, 5.41) is 21.4. The summed E-state index contributed by atoms with van der Waals surface area (Å²) in [5.41, 5.74) is 1.29. The Bertz CT molecular complexity index is 550. The van der Waals surface area contributed by atoms with Crippen LogP contribution in [0.1, 0.15) is 17.2 Å². The average Bonchev–Trinajstić information content (AvgIpc) is 2.46. The van der Waals surface area contributed by atoms with Gasteiger partial charge in [-0.05, 0) is 5.56 Å². The van der Waals surface area contributed by atoms with Gasteiger partial charge in [-0.3, -0.25) is 0 Å². The highest BCUT2D eigenvalue weighted by Crippen LogP contribution is 2.19. The van der Waals surface area contributed by atoms with Crippen LogP contribution in [0.25, 0.3) is 0 Å². The van der Waals surface area contributed by atoms with Gasteiger partial charge in [0.1, 0.15) is 23.8 Å². The van der Waals surface area contributed by atoms with E-state index in [0.717, 1.165) is 5.56 Å². The number of hydrogen-bond donors (Lipinski definition) is 2. The van der Waals surface area contributed by atoms with Gasteiger partial charge >= 0.3 is 0 Å². The number of hydrogen-bond acceptors (Lipinski definition) is 5. The molecule has 2 rings (SSSR count). The molecule has 0 amide bonds. The zero-order chi connectivity index (χ0) is 12.8. The van der Waals surface area contributed by atoms with Gasteiger partial charge in [-0.15, -0.1) is 0 Å². The van der Waals surface area contributed by atoms with Crippen molar-refractivity contribution in [2.45, 2.75) is 6.04 Å². The van der Waals surface area contributed by atoms with Gasteiger partial charge in [0.05, 0.1) is 18.8 Å². The highest BCUT2D eigenvalue weighted by molar-refractivity contribution is 5.51. The quantitative estimate of drug-likeness (QED) is 0.846. The van der Waals surface area contributed by atoms with Crippen molar-refractivity contribution >= 4 is 5.82 Å². The summed E-state index contributed by atoms with van der Waals surface area (Å²) in [6.45, 7) is -0.0844. The number of aromatic nitrogens is 2. The molecule has 0 saturated heterocycles. The number of benzene rings is 1. The minimum atomic E-state index is -0.298. The lowest BCUT2D eigenvalue weighted by molar-refractivity contribution is 0.276. The Hall–Kier alpha value is -2.45. The van der Waals surface area contributed by atoms with Crippen molar-refractivity contribution in [3.63, 3.8) is 0 Å².